The third-order valence-electron chi connectivity index (χ3n) is 2.48. The molecule has 0 saturated carbocycles. The highest BCUT2D eigenvalue weighted by molar-refractivity contribution is 7.89. The summed E-state index contributed by atoms with van der Waals surface area (Å²) in [6.45, 7) is 0.845. The Kier molecular flexibility index (Phi) is 5.46. The Morgan fingerprint density at radius 2 is 1.84 bits per heavy atom. The summed E-state index contributed by atoms with van der Waals surface area (Å²) in [6.07, 6.45) is 1.20. The van der Waals surface area contributed by atoms with Gasteiger partial charge in [0.05, 0.1) is 4.90 Å². The third-order valence-corrected chi connectivity index (χ3v) is 3.41. The molecule has 1 aromatic carbocycles. The second kappa shape index (κ2) is 6.65. The zero-order valence-corrected chi connectivity index (χ0v) is 11.9. The zero-order valence-electron chi connectivity index (χ0n) is 11.1. The molecule has 0 aromatic heterocycles. The zero-order chi connectivity index (χ0) is 14.5. The van der Waals surface area contributed by atoms with Crippen molar-refractivity contribution < 1.29 is 13.2 Å². The van der Waals surface area contributed by atoms with Gasteiger partial charge in [-0.2, -0.15) is 0 Å². The van der Waals surface area contributed by atoms with Gasteiger partial charge in [0.15, 0.2) is 0 Å². The quantitative estimate of drug-likeness (QED) is 0.801. The molecule has 0 aliphatic rings. The Hall–Kier alpha value is -1.44. The number of nitrogens with one attached hydrogen (secondary N) is 1. The standard InChI is InChI=1S/C12H19N3O3S/c1-15(2)9-3-4-12(16)14-10-5-7-11(8-6-10)19(13,17)18/h5-8H,3-4,9H2,1-2H3,(H,14,16)(H2,13,17,18). The predicted molar refractivity (Wildman–Crippen MR) is 74.2 cm³/mol. The molecule has 106 valence electrons. The number of hydrogen-bond donors (Lipinski definition) is 2. The van der Waals surface area contributed by atoms with E-state index in [4.69, 9.17) is 5.14 Å². The van der Waals surface area contributed by atoms with Crippen molar-refractivity contribution in [3.8, 4) is 0 Å². The van der Waals surface area contributed by atoms with Crippen LogP contribution in [0.25, 0.3) is 0 Å². The number of primary sulfonamides is 1. The normalized spacial score (nSPS) is 11.6. The summed E-state index contributed by atoms with van der Waals surface area (Å²) in [7, 11) is 0.207. The molecule has 0 unspecified atom stereocenters. The smallest absolute Gasteiger partial charge is 0.238 e. The van der Waals surface area contributed by atoms with E-state index in [2.05, 4.69) is 5.32 Å². The topological polar surface area (TPSA) is 92.5 Å². The maximum Gasteiger partial charge on any atom is 0.238 e. The van der Waals surface area contributed by atoms with E-state index in [1.165, 1.54) is 24.3 Å². The number of carbonyl (C=O) groups is 1. The number of amides is 1. The van der Waals surface area contributed by atoms with Crippen molar-refractivity contribution in [3.63, 3.8) is 0 Å². The number of carbonyl (C=O) groups excluding carboxylic acids is 1. The minimum absolute atomic E-state index is 0.0260. The molecule has 19 heavy (non-hydrogen) atoms. The van der Waals surface area contributed by atoms with Gasteiger partial charge in [-0.05, 0) is 51.3 Å². The van der Waals surface area contributed by atoms with Crippen LogP contribution >= 0.6 is 0 Å². The van der Waals surface area contributed by atoms with E-state index in [0.717, 1.165) is 13.0 Å². The maximum absolute atomic E-state index is 11.6. The molecule has 1 rings (SSSR count). The average molecular weight is 285 g/mol. The minimum Gasteiger partial charge on any atom is -0.326 e. The van der Waals surface area contributed by atoms with Crippen LogP contribution in [0.4, 0.5) is 5.69 Å². The fourth-order valence-electron chi connectivity index (χ4n) is 1.51. The molecule has 0 radical (unpaired) electrons. The van der Waals surface area contributed by atoms with E-state index in [1.807, 2.05) is 19.0 Å². The summed E-state index contributed by atoms with van der Waals surface area (Å²) in [5.74, 6) is -0.0924. The number of benzene rings is 1. The van der Waals surface area contributed by atoms with E-state index in [9.17, 15) is 13.2 Å². The summed E-state index contributed by atoms with van der Waals surface area (Å²) in [5.41, 5.74) is 0.558. The summed E-state index contributed by atoms with van der Waals surface area (Å²) in [5, 5.41) is 7.68. The summed E-state index contributed by atoms with van der Waals surface area (Å²) in [4.78, 5) is 13.6. The van der Waals surface area contributed by atoms with Crippen LogP contribution in [-0.2, 0) is 14.8 Å². The van der Waals surface area contributed by atoms with Gasteiger partial charge in [0.25, 0.3) is 0 Å². The van der Waals surface area contributed by atoms with E-state index < -0.39 is 10.0 Å². The number of nitrogens with two attached hydrogens (primary N) is 1. The van der Waals surface area contributed by atoms with E-state index in [-0.39, 0.29) is 10.8 Å². The van der Waals surface area contributed by atoms with Crippen LogP contribution in [-0.4, -0.2) is 39.9 Å². The number of hydrogen-bond acceptors (Lipinski definition) is 4. The molecule has 0 spiro atoms. The van der Waals surface area contributed by atoms with Crippen LogP contribution in [0.2, 0.25) is 0 Å². The second-order valence-corrected chi connectivity index (χ2v) is 6.09. The molecule has 7 heteroatoms. The van der Waals surface area contributed by atoms with E-state index in [1.54, 1.807) is 0 Å². The van der Waals surface area contributed by atoms with E-state index >= 15 is 0 Å². The molecule has 0 saturated heterocycles. The third kappa shape index (κ3) is 5.82. The second-order valence-electron chi connectivity index (χ2n) is 4.52. The monoisotopic (exact) mass is 285 g/mol. The summed E-state index contributed by atoms with van der Waals surface area (Å²) < 4.78 is 22.1. The fourth-order valence-corrected chi connectivity index (χ4v) is 2.02. The molecular formula is C12H19N3O3S. The molecule has 0 aliphatic carbocycles. The maximum atomic E-state index is 11.6. The minimum atomic E-state index is -3.69. The van der Waals surface area contributed by atoms with Gasteiger partial charge in [0.1, 0.15) is 0 Å². The summed E-state index contributed by atoms with van der Waals surface area (Å²) in [6, 6.07) is 5.77. The Morgan fingerprint density at radius 1 is 1.26 bits per heavy atom. The molecule has 6 nitrogen and oxygen atoms in total. The highest BCUT2D eigenvalue weighted by atomic mass is 32.2. The number of sulfonamides is 1. The van der Waals surface area contributed by atoms with Crippen molar-refractivity contribution in [1.29, 1.82) is 0 Å². The largest absolute Gasteiger partial charge is 0.326 e. The van der Waals surface area contributed by atoms with Gasteiger partial charge in [-0.15, -0.1) is 0 Å². The fraction of sp³-hybridized carbons (Fsp3) is 0.417. The lowest BCUT2D eigenvalue weighted by Gasteiger charge is -2.09. The molecular weight excluding hydrogens is 266 g/mol. The van der Waals surface area contributed by atoms with Crippen molar-refractivity contribution >= 4 is 21.6 Å². The van der Waals surface area contributed by atoms with Crippen molar-refractivity contribution in [2.45, 2.75) is 17.7 Å². The lowest BCUT2D eigenvalue weighted by Crippen LogP contribution is -2.17. The SMILES string of the molecule is CN(C)CCCC(=O)Nc1ccc(S(N)(=O)=O)cc1. The van der Waals surface area contributed by atoms with Crippen LogP contribution in [0.15, 0.2) is 29.2 Å². The van der Waals surface area contributed by atoms with Crippen molar-refractivity contribution in [3.05, 3.63) is 24.3 Å². The first kappa shape index (κ1) is 15.6. The Labute approximate surface area is 113 Å². The van der Waals surface area contributed by atoms with Gasteiger partial charge >= 0.3 is 0 Å². The molecule has 1 aromatic rings. The van der Waals surface area contributed by atoms with Crippen LogP contribution in [0.1, 0.15) is 12.8 Å². The molecule has 1 amide bonds. The van der Waals surface area contributed by atoms with Crippen LogP contribution in [0.5, 0.6) is 0 Å². The van der Waals surface area contributed by atoms with Crippen LogP contribution in [0, 0.1) is 0 Å². The molecule has 0 heterocycles. The highest BCUT2D eigenvalue weighted by Crippen LogP contribution is 2.13. The first-order valence-electron chi connectivity index (χ1n) is 5.86. The molecule has 0 bridgehead atoms. The van der Waals surface area contributed by atoms with Crippen LogP contribution < -0.4 is 10.5 Å². The van der Waals surface area contributed by atoms with Crippen LogP contribution in [0.3, 0.4) is 0 Å². The Balaban J connectivity index is 2.52. The predicted octanol–water partition coefficient (Wildman–Crippen LogP) is 0.614. The highest BCUT2D eigenvalue weighted by Gasteiger charge is 2.08. The van der Waals surface area contributed by atoms with E-state index in [0.29, 0.717) is 12.1 Å². The van der Waals surface area contributed by atoms with Gasteiger partial charge in [0, 0.05) is 12.1 Å². The van der Waals surface area contributed by atoms with Gasteiger partial charge in [-0.1, -0.05) is 0 Å². The lowest BCUT2D eigenvalue weighted by molar-refractivity contribution is -0.116. The van der Waals surface area contributed by atoms with Crippen molar-refractivity contribution in [2.75, 3.05) is 26.0 Å². The number of anilines is 1. The Morgan fingerprint density at radius 3 is 2.32 bits per heavy atom. The summed E-state index contributed by atoms with van der Waals surface area (Å²) >= 11 is 0. The molecule has 0 atom stereocenters. The molecule has 3 N–H and O–H groups in total. The van der Waals surface area contributed by atoms with Gasteiger partial charge in [-0.25, -0.2) is 13.6 Å². The lowest BCUT2D eigenvalue weighted by atomic mass is 10.2. The molecule has 0 fully saturated rings. The number of nitrogens with zero attached hydrogens (tertiary/aromatic N) is 1. The Bertz CT molecular complexity index is 524. The average Bonchev–Trinajstić information content (AvgIpc) is 2.27. The van der Waals surface area contributed by atoms with Gasteiger partial charge < -0.3 is 10.2 Å². The first-order chi connectivity index (χ1) is 8.79. The number of rotatable bonds is 6. The van der Waals surface area contributed by atoms with Crippen molar-refractivity contribution in [1.82, 2.24) is 4.90 Å². The van der Waals surface area contributed by atoms with Gasteiger partial charge in [0.2, 0.25) is 15.9 Å². The molecule has 0 aliphatic heterocycles. The first-order valence-corrected chi connectivity index (χ1v) is 7.41. The van der Waals surface area contributed by atoms with Gasteiger partial charge in [-0.3, -0.25) is 4.79 Å². The van der Waals surface area contributed by atoms with Crippen molar-refractivity contribution in [2.24, 2.45) is 5.14 Å².